The third kappa shape index (κ3) is 2.10. The van der Waals surface area contributed by atoms with Crippen LogP contribution in [-0.2, 0) is 18.8 Å². The van der Waals surface area contributed by atoms with Crippen molar-refractivity contribution in [3.05, 3.63) is 59.7 Å². The van der Waals surface area contributed by atoms with Gasteiger partial charge in [0.25, 0.3) is 0 Å². The van der Waals surface area contributed by atoms with E-state index in [9.17, 15) is 0 Å². The van der Waals surface area contributed by atoms with Gasteiger partial charge in [-0.2, -0.15) is 0 Å². The minimum atomic E-state index is -2.90. The Morgan fingerprint density at radius 3 is 1.36 bits per heavy atom. The summed E-state index contributed by atoms with van der Waals surface area (Å²) in [6.07, 6.45) is 3.93. The van der Waals surface area contributed by atoms with E-state index in [1.54, 1.807) is 0 Å². The number of hydrogen-bond acceptors (Lipinski definition) is 2. The topological polar surface area (TPSA) is 18.5 Å². The fraction of sp³-hybridized carbons (Fsp3) is 0.455. The molecule has 3 heteroatoms. The maximum atomic E-state index is 7.09. The van der Waals surface area contributed by atoms with Crippen molar-refractivity contribution in [1.29, 1.82) is 0 Å². The molecule has 0 N–H and O–H groups in total. The second-order valence-electron chi connectivity index (χ2n) is 7.07. The molecule has 0 saturated carbocycles. The summed E-state index contributed by atoms with van der Waals surface area (Å²) in [5.41, 5.74) is 2.30. The molecule has 25 heavy (non-hydrogen) atoms. The van der Waals surface area contributed by atoms with Gasteiger partial charge in [-0.15, -0.1) is 0 Å². The average molecular weight is 403 g/mol. The molecule has 0 saturated heterocycles. The van der Waals surface area contributed by atoms with Crippen LogP contribution in [-0.4, -0.2) is 13.5 Å². The Balaban J connectivity index is 2.01. The molecule has 0 amide bonds. The van der Waals surface area contributed by atoms with Gasteiger partial charge in [0.1, 0.15) is 0 Å². The molecule has 2 nitrogen and oxygen atoms in total. The fourth-order valence-electron chi connectivity index (χ4n) is 4.51. The van der Waals surface area contributed by atoms with Crippen molar-refractivity contribution in [1.82, 2.24) is 0 Å². The van der Waals surface area contributed by atoms with Gasteiger partial charge in [-0.25, -0.2) is 0 Å². The SMILES string of the molecule is CCC1(CC)O[Se]2(OC(CC)(CC)c3ccccc32)c2ccccc21. The summed E-state index contributed by atoms with van der Waals surface area (Å²) < 4.78 is 16.9. The van der Waals surface area contributed by atoms with Crippen LogP contribution < -0.4 is 8.92 Å². The van der Waals surface area contributed by atoms with Gasteiger partial charge in [-0.05, 0) is 0 Å². The van der Waals surface area contributed by atoms with Crippen molar-refractivity contribution < 1.29 is 7.64 Å². The van der Waals surface area contributed by atoms with Crippen LogP contribution in [0.4, 0.5) is 0 Å². The molecule has 2 aromatic rings. The number of rotatable bonds is 4. The van der Waals surface area contributed by atoms with Gasteiger partial charge in [0.15, 0.2) is 0 Å². The van der Waals surface area contributed by atoms with Crippen molar-refractivity contribution in [3.8, 4) is 0 Å². The molecular weight excluding hydrogens is 375 g/mol. The van der Waals surface area contributed by atoms with E-state index in [0.29, 0.717) is 0 Å². The molecule has 1 spiro atoms. The summed E-state index contributed by atoms with van der Waals surface area (Å²) in [7, 11) is 0. The van der Waals surface area contributed by atoms with Crippen LogP contribution in [0.25, 0.3) is 0 Å². The van der Waals surface area contributed by atoms with Crippen LogP contribution in [0, 0.1) is 0 Å². The van der Waals surface area contributed by atoms with E-state index < -0.39 is 13.5 Å². The van der Waals surface area contributed by atoms with E-state index >= 15 is 0 Å². The molecule has 0 radical (unpaired) electrons. The second kappa shape index (κ2) is 5.96. The van der Waals surface area contributed by atoms with E-state index in [2.05, 4.69) is 76.2 Å². The molecule has 134 valence electrons. The quantitative estimate of drug-likeness (QED) is 0.708. The van der Waals surface area contributed by atoms with Crippen molar-refractivity contribution in [2.24, 2.45) is 0 Å². The minimum absolute atomic E-state index is 0.207. The van der Waals surface area contributed by atoms with Crippen LogP contribution >= 0.6 is 0 Å². The first-order chi connectivity index (χ1) is 12.1. The summed E-state index contributed by atoms with van der Waals surface area (Å²) >= 11 is -2.90. The molecule has 0 atom stereocenters. The van der Waals surface area contributed by atoms with E-state index in [1.807, 2.05) is 0 Å². The van der Waals surface area contributed by atoms with Crippen molar-refractivity contribution in [3.63, 3.8) is 0 Å². The van der Waals surface area contributed by atoms with Crippen LogP contribution in [0.1, 0.15) is 64.5 Å². The first-order valence-corrected chi connectivity index (χ1v) is 12.7. The second-order valence-corrected chi connectivity index (χ2v) is 11.7. The Morgan fingerprint density at radius 1 is 0.640 bits per heavy atom. The number of fused-ring (bicyclic) bond motifs is 4. The standard InChI is InChI=1S/C22H28O2Se/c1-5-21(6-2)17-13-9-11-15-19(17)25(23-21)20-16-12-10-14-18(20)22(7-3,8-4)24-25/h9-16H,5-8H2,1-4H3. The van der Waals surface area contributed by atoms with E-state index in [0.717, 1.165) is 25.7 Å². The first kappa shape index (κ1) is 17.3. The Morgan fingerprint density at radius 2 is 1.00 bits per heavy atom. The van der Waals surface area contributed by atoms with Gasteiger partial charge < -0.3 is 0 Å². The molecule has 2 aliphatic rings. The molecule has 0 unspecified atom stereocenters. The van der Waals surface area contributed by atoms with Crippen LogP contribution in [0.3, 0.4) is 0 Å². The monoisotopic (exact) mass is 404 g/mol. The summed E-state index contributed by atoms with van der Waals surface area (Å²) in [6, 6.07) is 17.6. The van der Waals surface area contributed by atoms with Gasteiger partial charge in [0, 0.05) is 0 Å². The number of benzene rings is 2. The summed E-state index contributed by atoms with van der Waals surface area (Å²) in [6.45, 7) is 8.96. The van der Waals surface area contributed by atoms with E-state index in [-0.39, 0.29) is 11.2 Å². The van der Waals surface area contributed by atoms with Gasteiger partial charge in [0.2, 0.25) is 0 Å². The van der Waals surface area contributed by atoms with Crippen LogP contribution in [0.2, 0.25) is 0 Å². The summed E-state index contributed by atoms with van der Waals surface area (Å²) in [5, 5.41) is 0. The third-order valence-corrected chi connectivity index (χ3v) is 12.4. The molecule has 0 fully saturated rings. The normalized spacial score (nSPS) is 22.6. The summed E-state index contributed by atoms with van der Waals surface area (Å²) in [5.74, 6) is 0. The molecule has 2 heterocycles. The molecule has 2 aliphatic heterocycles. The third-order valence-electron chi connectivity index (χ3n) is 6.17. The zero-order chi connectivity index (χ0) is 17.7. The fourth-order valence-corrected chi connectivity index (χ4v) is 12.4. The average Bonchev–Trinajstić information content (AvgIpc) is 3.14. The Labute approximate surface area is 154 Å². The van der Waals surface area contributed by atoms with Crippen LogP contribution in [0.5, 0.6) is 0 Å². The predicted molar refractivity (Wildman–Crippen MR) is 105 cm³/mol. The molecule has 0 aliphatic carbocycles. The van der Waals surface area contributed by atoms with Gasteiger partial charge in [-0.3, -0.25) is 0 Å². The zero-order valence-corrected chi connectivity index (χ0v) is 17.4. The van der Waals surface area contributed by atoms with E-state index in [1.165, 1.54) is 20.1 Å². The Hall–Kier alpha value is -1.12. The molecule has 2 aromatic carbocycles. The van der Waals surface area contributed by atoms with E-state index in [4.69, 9.17) is 7.64 Å². The number of hydrogen-bond donors (Lipinski definition) is 0. The molecular formula is C22H28O2Se. The van der Waals surface area contributed by atoms with Crippen LogP contribution in [0.15, 0.2) is 48.5 Å². The molecule has 0 bridgehead atoms. The Bertz CT molecular complexity index is 723. The van der Waals surface area contributed by atoms with Crippen molar-refractivity contribution in [2.75, 3.05) is 0 Å². The Kier molecular flexibility index (Phi) is 4.12. The van der Waals surface area contributed by atoms with Gasteiger partial charge in [-0.1, -0.05) is 0 Å². The van der Waals surface area contributed by atoms with Gasteiger partial charge >= 0.3 is 154 Å². The zero-order valence-electron chi connectivity index (χ0n) is 15.7. The molecule has 0 aromatic heterocycles. The van der Waals surface area contributed by atoms with Crippen molar-refractivity contribution >= 4 is 22.4 Å². The predicted octanol–water partition coefficient (Wildman–Crippen LogP) is 4.33. The first-order valence-electron chi connectivity index (χ1n) is 9.55. The summed E-state index contributed by atoms with van der Waals surface area (Å²) in [4.78, 5) is 0. The molecule has 4 rings (SSSR count). The van der Waals surface area contributed by atoms with Crippen molar-refractivity contribution in [2.45, 2.75) is 64.6 Å². The maximum absolute atomic E-state index is 7.09. The van der Waals surface area contributed by atoms with Gasteiger partial charge in [0.05, 0.1) is 0 Å².